The number of alkyl halides is 3. The average molecular weight is 476 g/mol. The van der Waals surface area contributed by atoms with Crippen LogP contribution in [0.1, 0.15) is 45.7 Å². The number of carbonyl (C=O) groups excluding carboxylic acids is 3. The second-order valence-electron chi connectivity index (χ2n) is 8.76. The van der Waals surface area contributed by atoms with E-state index < -0.39 is 23.7 Å². The summed E-state index contributed by atoms with van der Waals surface area (Å²) in [6.07, 6.45) is -4.53. The van der Waals surface area contributed by atoms with Crippen molar-refractivity contribution < 1.29 is 27.6 Å². The van der Waals surface area contributed by atoms with Gasteiger partial charge in [0, 0.05) is 37.3 Å². The van der Waals surface area contributed by atoms with E-state index >= 15 is 0 Å². The lowest BCUT2D eigenvalue weighted by atomic mass is 10.0. The molecule has 0 bridgehead atoms. The highest BCUT2D eigenvalue weighted by Gasteiger charge is 2.34. The van der Waals surface area contributed by atoms with Crippen molar-refractivity contribution in [1.29, 1.82) is 0 Å². The van der Waals surface area contributed by atoms with Crippen molar-refractivity contribution in [3.63, 3.8) is 0 Å². The number of piperazine rings is 1. The average Bonchev–Trinajstić information content (AvgIpc) is 2.81. The van der Waals surface area contributed by atoms with E-state index in [9.17, 15) is 27.6 Å². The first-order chi connectivity index (χ1) is 16.0. The minimum atomic E-state index is -4.53. The highest BCUT2D eigenvalue weighted by atomic mass is 19.4. The van der Waals surface area contributed by atoms with Gasteiger partial charge in [0.1, 0.15) is 6.04 Å². The van der Waals surface area contributed by atoms with Gasteiger partial charge in [0.25, 0.3) is 11.8 Å². The molecule has 1 saturated heterocycles. The first kappa shape index (κ1) is 25.3. The fourth-order valence-electron chi connectivity index (χ4n) is 3.86. The Morgan fingerprint density at radius 2 is 1.47 bits per heavy atom. The van der Waals surface area contributed by atoms with Crippen LogP contribution >= 0.6 is 0 Å². The van der Waals surface area contributed by atoms with E-state index in [0.29, 0.717) is 5.56 Å². The van der Waals surface area contributed by atoms with Gasteiger partial charge in [-0.15, -0.1) is 0 Å². The normalized spacial score (nSPS) is 15.3. The Morgan fingerprint density at radius 3 is 2.06 bits per heavy atom. The van der Waals surface area contributed by atoms with E-state index in [1.807, 2.05) is 26.8 Å². The quantitative estimate of drug-likeness (QED) is 0.716. The number of nitrogens with zero attached hydrogens (tertiary/aromatic N) is 2. The molecule has 0 saturated carbocycles. The van der Waals surface area contributed by atoms with Crippen LogP contribution in [-0.4, -0.2) is 59.7 Å². The van der Waals surface area contributed by atoms with E-state index in [4.69, 9.17) is 0 Å². The summed E-state index contributed by atoms with van der Waals surface area (Å²) in [4.78, 5) is 41.6. The number of hydrogen-bond donors (Lipinski definition) is 1. The topological polar surface area (TPSA) is 69.7 Å². The fourth-order valence-corrected chi connectivity index (χ4v) is 3.86. The standard InChI is InChI=1S/C25H28F3N3O3/c1-16(2)21(29-22(32)18-7-4-6-17(3)14-18)24(34)31-12-10-30(11-13-31)23(33)19-8-5-9-20(15-19)25(26,27)28/h4-9,14-16,21H,10-13H2,1-3H3,(H,29,32). The summed E-state index contributed by atoms with van der Waals surface area (Å²) in [5.41, 5.74) is 0.480. The predicted molar refractivity (Wildman–Crippen MR) is 121 cm³/mol. The molecule has 1 fully saturated rings. The summed E-state index contributed by atoms with van der Waals surface area (Å²) >= 11 is 0. The van der Waals surface area contributed by atoms with Gasteiger partial charge in [0.2, 0.25) is 5.91 Å². The summed E-state index contributed by atoms with van der Waals surface area (Å²) < 4.78 is 38.9. The monoisotopic (exact) mass is 475 g/mol. The van der Waals surface area contributed by atoms with Crippen LogP contribution in [0.3, 0.4) is 0 Å². The summed E-state index contributed by atoms with van der Waals surface area (Å²) in [5, 5.41) is 2.82. The molecule has 1 N–H and O–H groups in total. The number of amides is 3. The van der Waals surface area contributed by atoms with E-state index in [2.05, 4.69) is 5.32 Å². The van der Waals surface area contributed by atoms with Crippen LogP contribution in [0.4, 0.5) is 13.2 Å². The zero-order valence-corrected chi connectivity index (χ0v) is 19.4. The molecule has 2 aromatic carbocycles. The van der Waals surface area contributed by atoms with Gasteiger partial charge in [-0.3, -0.25) is 14.4 Å². The summed E-state index contributed by atoms with van der Waals surface area (Å²) in [6.45, 7) is 6.40. The molecule has 34 heavy (non-hydrogen) atoms. The molecule has 182 valence electrons. The summed E-state index contributed by atoms with van der Waals surface area (Å²) in [7, 11) is 0. The van der Waals surface area contributed by atoms with Crippen LogP contribution in [0, 0.1) is 12.8 Å². The molecule has 1 aliphatic rings. The smallest absolute Gasteiger partial charge is 0.340 e. The highest BCUT2D eigenvalue weighted by molar-refractivity contribution is 5.98. The second-order valence-corrected chi connectivity index (χ2v) is 8.76. The number of nitrogens with one attached hydrogen (secondary N) is 1. The Balaban J connectivity index is 1.63. The zero-order valence-electron chi connectivity index (χ0n) is 19.4. The Morgan fingerprint density at radius 1 is 0.882 bits per heavy atom. The van der Waals surface area contributed by atoms with E-state index in [1.165, 1.54) is 17.0 Å². The Bertz CT molecular complexity index is 1060. The van der Waals surface area contributed by atoms with Crippen LogP contribution in [0.2, 0.25) is 0 Å². The predicted octanol–water partition coefficient (Wildman–Crippen LogP) is 3.75. The molecule has 3 rings (SSSR count). The van der Waals surface area contributed by atoms with Gasteiger partial charge in [-0.25, -0.2) is 0 Å². The second kappa shape index (κ2) is 10.3. The van der Waals surface area contributed by atoms with Crippen molar-refractivity contribution in [2.75, 3.05) is 26.2 Å². The molecule has 0 aromatic heterocycles. The van der Waals surface area contributed by atoms with E-state index in [-0.39, 0.29) is 49.5 Å². The van der Waals surface area contributed by atoms with Gasteiger partial charge in [0.15, 0.2) is 0 Å². The Hall–Kier alpha value is -3.36. The third-order valence-electron chi connectivity index (χ3n) is 5.81. The summed E-state index contributed by atoms with van der Waals surface area (Å²) in [5.74, 6) is -1.26. The van der Waals surface area contributed by atoms with Gasteiger partial charge in [-0.05, 0) is 43.2 Å². The first-order valence-electron chi connectivity index (χ1n) is 11.1. The number of rotatable bonds is 5. The highest BCUT2D eigenvalue weighted by Crippen LogP contribution is 2.29. The maximum absolute atomic E-state index is 13.2. The van der Waals surface area contributed by atoms with Crippen molar-refractivity contribution in [2.45, 2.75) is 33.0 Å². The third kappa shape index (κ3) is 5.95. The molecular weight excluding hydrogens is 447 g/mol. The molecule has 6 nitrogen and oxygen atoms in total. The molecule has 1 atom stereocenters. The van der Waals surface area contributed by atoms with Gasteiger partial charge in [-0.1, -0.05) is 37.6 Å². The first-order valence-corrected chi connectivity index (χ1v) is 11.1. The fraction of sp³-hybridized carbons (Fsp3) is 0.400. The third-order valence-corrected chi connectivity index (χ3v) is 5.81. The number of halogens is 3. The van der Waals surface area contributed by atoms with E-state index in [0.717, 1.165) is 17.7 Å². The molecule has 3 amide bonds. The molecule has 1 aliphatic heterocycles. The lowest BCUT2D eigenvalue weighted by molar-refractivity contribution is -0.138. The van der Waals surface area contributed by atoms with Crippen LogP contribution < -0.4 is 5.32 Å². The maximum Gasteiger partial charge on any atom is 0.416 e. The largest absolute Gasteiger partial charge is 0.416 e. The lowest BCUT2D eigenvalue weighted by Gasteiger charge is -2.37. The molecule has 0 radical (unpaired) electrons. The molecule has 0 aliphatic carbocycles. The lowest BCUT2D eigenvalue weighted by Crippen LogP contribution is -2.57. The molecule has 1 unspecified atom stereocenters. The van der Waals surface area contributed by atoms with Gasteiger partial charge in [0.05, 0.1) is 5.56 Å². The minimum Gasteiger partial charge on any atom is -0.340 e. The van der Waals surface area contributed by atoms with Crippen molar-refractivity contribution in [3.8, 4) is 0 Å². The Kier molecular flexibility index (Phi) is 7.64. The van der Waals surface area contributed by atoms with Crippen LogP contribution in [0.25, 0.3) is 0 Å². The number of hydrogen-bond acceptors (Lipinski definition) is 3. The molecule has 2 aromatic rings. The van der Waals surface area contributed by atoms with Crippen molar-refractivity contribution in [3.05, 3.63) is 70.8 Å². The van der Waals surface area contributed by atoms with Gasteiger partial charge < -0.3 is 15.1 Å². The van der Waals surface area contributed by atoms with Crippen LogP contribution in [0.5, 0.6) is 0 Å². The molecule has 0 spiro atoms. The SMILES string of the molecule is Cc1cccc(C(=O)NC(C(=O)N2CCN(C(=O)c3cccc(C(F)(F)F)c3)CC2)C(C)C)c1. The van der Waals surface area contributed by atoms with Gasteiger partial charge in [-0.2, -0.15) is 13.2 Å². The van der Waals surface area contributed by atoms with Crippen molar-refractivity contribution >= 4 is 17.7 Å². The van der Waals surface area contributed by atoms with Crippen molar-refractivity contribution in [2.24, 2.45) is 5.92 Å². The van der Waals surface area contributed by atoms with Crippen molar-refractivity contribution in [1.82, 2.24) is 15.1 Å². The number of carbonyl (C=O) groups is 3. The van der Waals surface area contributed by atoms with Crippen LogP contribution in [0.15, 0.2) is 48.5 Å². The maximum atomic E-state index is 13.2. The zero-order chi connectivity index (χ0) is 25.0. The van der Waals surface area contributed by atoms with Gasteiger partial charge >= 0.3 is 6.18 Å². The van der Waals surface area contributed by atoms with Crippen LogP contribution in [-0.2, 0) is 11.0 Å². The molecule has 9 heteroatoms. The molecular formula is C25H28F3N3O3. The number of aryl methyl sites for hydroxylation is 1. The number of benzene rings is 2. The minimum absolute atomic E-state index is 0.0416. The Labute approximate surface area is 196 Å². The summed E-state index contributed by atoms with van der Waals surface area (Å²) in [6, 6.07) is 10.7. The van der Waals surface area contributed by atoms with E-state index in [1.54, 1.807) is 23.1 Å². The molecule has 1 heterocycles.